The molecule has 0 spiro atoms. The molecule has 8 heteroatoms. The van der Waals surface area contributed by atoms with Crippen molar-refractivity contribution in [2.24, 2.45) is 5.41 Å². The summed E-state index contributed by atoms with van der Waals surface area (Å²) in [5.74, 6) is 5.10. The number of sulfone groups is 1. The molecule has 6 nitrogen and oxygen atoms in total. The number of carboxylic acids is 1. The van der Waals surface area contributed by atoms with Crippen LogP contribution in [0, 0.1) is 17.3 Å². The Bertz CT molecular complexity index is 1260. The Labute approximate surface area is 199 Å². The van der Waals surface area contributed by atoms with Gasteiger partial charge in [-0.05, 0) is 44.2 Å². The maximum atomic E-state index is 13.1. The van der Waals surface area contributed by atoms with E-state index in [0.717, 1.165) is 0 Å². The largest absolute Gasteiger partial charge is 0.478 e. The second kappa shape index (κ2) is 8.68. The minimum atomic E-state index is -3.61. The van der Waals surface area contributed by atoms with Crippen LogP contribution in [0.5, 0.6) is 5.75 Å². The molecule has 2 atom stereocenters. The number of halogens is 1. The van der Waals surface area contributed by atoms with E-state index in [0.29, 0.717) is 21.7 Å². The van der Waals surface area contributed by atoms with Gasteiger partial charge in [0.2, 0.25) is 0 Å². The fourth-order valence-corrected chi connectivity index (χ4v) is 5.85. The second-order valence-corrected chi connectivity index (χ2v) is 12.5. The van der Waals surface area contributed by atoms with Crippen molar-refractivity contribution in [3.63, 3.8) is 0 Å². The molecule has 2 aromatic rings. The zero-order valence-corrected chi connectivity index (χ0v) is 21.0. The molecule has 0 amide bonds. The molecule has 0 saturated carbocycles. The molecule has 1 aliphatic rings. The lowest BCUT2D eigenvalue weighted by atomic mass is 9.89. The molecule has 0 fully saturated rings. The summed E-state index contributed by atoms with van der Waals surface area (Å²) >= 11 is 6.13. The fourth-order valence-electron chi connectivity index (χ4n) is 3.84. The van der Waals surface area contributed by atoms with E-state index in [2.05, 4.69) is 11.8 Å². The fraction of sp³-hybridized carbons (Fsp3) is 0.400. The van der Waals surface area contributed by atoms with Crippen LogP contribution < -0.4 is 4.74 Å². The number of aliphatic carboxylic acids is 1. The van der Waals surface area contributed by atoms with E-state index in [-0.39, 0.29) is 10.6 Å². The van der Waals surface area contributed by atoms with Gasteiger partial charge in [0.25, 0.3) is 0 Å². The zero-order valence-electron chi connectivity index (χ0n) is 19.4. The first-order valence-corrected chi connectivity index (χ1v) is 12.2. The van der Waals surface area contributed by atoms with Gasteiger partial charge in [-0.1, -0.05) is 50.3 Å². The van der Waals surface area contributed by atoms with Crippen LogP contribution >= 0.6 is 11.6 Å². The van der Waals surface area contributed by atoms with E-state index in [4.69, 9.17) is 21.1 Å². The number of methoxy groups -OCH3 is 1. The molecule has 3 rings (SSSR count). The summed E-state index contributed by atoms with van der Waals surface area (Å²) in [7, 11) is -2.12. The van der Waals surface area contributed by atoms with Gasteiger partial charge in [0, 0.05) is 28.7 Å². The molecule has 176 valence electrons. The highest BCUT2D eigenvalue weighted by Crippen LogP contribution is 2.48. The van der Waals surface area contributed by atoms with Crippen LogP contribution in [0.1, 0.15) is 57.4 Å². The lowest BCUT2D eigenvalue weighted by molar-refractivity contribution is -0.150. The first-order chi connectivity index (χ1) is 15.2. The van der Waals surface area contributed by atoms with Gasteiger partial charge in [-0.25, -0.2) is 13.2 Å². The van der Waals surface area contributed by atoms with Crippen LogP contribution in [0.2, 0.25) is 5.02 Å². The van der Waals surface area contributed by atoms with Gasteiger partial charge in [-0.2, -0.15) is 0 Å². The predicted octanol–water partition coefficient (Wildman–Crippen LogP) is 4.87. The minimum Gasteiger partial charge on any atom is -0.478 e. The molecular formula is C25H27ClO6S. The number of carbonyl (C=O) groups is 1. The predicted molar refractivity (Wildman–Crippen MR) is 126 cm³/mol. The number of fused-ring (bicyclic) bond motifs is 1. The number of hydrogen-bond donors (Lipinski definition) is 1. The average molecular weight is 491 g/mol. The van der Waals surface area contributed by atoms with Crippen molar-refractivity contribution in [3.05, 3.63) is 58.1 Å². The molecule has 1 aliphatic heterocycles. The Morgan fingerprint density at radius 3 is 2.39 bits per heavy atom. The molecule has 0 aromatic heterocycles. The summed E-state index contributed by atoms with van der Waals surface area (Å²) in [6.45, 7) is 8.60. The highest BCUT2D eigenvalue weighted by Gasteiger charge is 2.52. The van der Waals surface area contributed by atoms with Crippen LogP contribution in [0.25, 0.3) is 0 Å². The van der Waals surface area contributed by atoms with Crippen molar-refractivity contribution in [2.45, 2.75) is 56.5 Å². The summed E-state index contributed by atoms with van der Waals surface area (Å²) in [5.41, 5.74) is 0.835. The van der Waals surface area contributed by atoms with Crippen molar-refractivity contribution in [3.8, 4) is 17.6 Å². The first-order valence-electron chi connectivity index (χ1n) is 10.3. The van der Waals surface area contributed by atoms with Crippen molar-refractivity contribution < 1.29 is 27.8 Å². The zero-order chi connectivity index (χ0) is 24.8. The molecule has 2 aromatic carbocycles. The van der Waals surface area contributed by atoms with E-state index < -0.39 is 38.2 Å². The van der Waals surface area contributed by atoms with Gasteiger partial charge >= 0.3 is 5.97 Å². The molecule has 1 N–H and O–H groups in total. The SMILES string of the molecule is COC1c2ccc(C#Cc3cc(Cl)ccc3OC(C(=O)O)C(C)(C)C)cc2S(=O)(=O)C1(C)C. The van der Waals surface area contributed by atoms with Gasteiger partial charge in [-0.3, -0.25) is 0 Å². The topological polar surface area (TPSA) is 89.9 Å². The molecule has 0 saturated heterocycles. The third-order valence-corrected chi connectivity index (χ3v) is 8.45. The third-order valence-electron chi connectivity index (χ3n) is 5.68. The van der Waals surface area contributed by atoms with Crippen LogP contribution in [0.3, 0.4) is 0 Å². The Morgan fingerprint density at radius 2 is 1.82 bits per heavy atom. The summed E-state index contributed by atoms with van der Waals surface area (Å²) in [6.07, 6.45) is -1.67. The van der Waals surface area contributed by atoms with Gasteiger partial charge in [0.05, 0.1) is 10.5 Å². The number of carboxylic acid groups (broad SMARTS) is 1. The van der Waals surface area contributed by atoms with Gasteiger partial charge in [0.15, 0.2) is 15.9 Å². The Hall–Kier alpha value is -2.53. The average Bonchev–Trinajstić information content (AvgIpc) is 2.85. The summed E-state index contributed by atoms with van der Waals surface area (Å²) < 4.78 is 36.3. The van der Waals surface area contributed by atoms with Gasteiger partial charge < -0.3 is 14.6 Å². The molecule has 0 aliphatic carbocycles. The molecule has 33 heavy (non-hydrogen) atoms. The molecule has 0 radical (unpaired) electrons. The maximum Gasteiger partial charge on any atom is 0.345 e. The minimum absolute atomic E-state index is 0.201. The monoisotopic (exact) mass is 490 g/mol. The highest BCUT2D eigenvalue weighted by molar-refractivity contribution is 7.93. The normalized spacial score (nSPS) is 19.2. The summed E-state index contributed by atoms with van der Waals surface area (Å²) in [6, 6.07) is 9.74. The van der Waals surface area contributed by atoms with Gasteiger partial charge in [-0.15, -0.1) is 0 Å². The van der Waals surface area contributed by atoms with Crippen LogP contribution in [0.4, 0.5) is 0 Å². The Morgan fingerprint density at radius 1 is 1.15 bits per heavy atom. The van der Waals surface area contributed by atoms with E-state index in [1.54, 1.807) is 71.0 Å². The second-order valence-electron chi connectivity index (χ2n) is 9.57. The Balaban J connectivity index is 2.03. The van der Waals surface area contributed by atoms with Crippen molar-refractivity contribution in [2.75, 3.05) is 7.11 Å². The summed E-state index contributed by atoms with van der Waals surface area (Å²) in [4.78, 5) is 11.9. The molecule has 2 unspecified atom stereocenters. The summed E-state index contributed by atoms with van der Waals surface area (Å²) in [5, 5.41) is 10.0. The van der Waals surface area contributed by atoms with E-state index in [1.807, 2.05) is 0 Å². The lowest BCUT2D eigenvalue weighted by Crippen LogP contribution is -2.39. The Kier molecular flexibility index (Phi) is 6.60. The molecule has 1 heterocycles. The van der Waals surface area contributed by atoms with E-state index >= 15 is 0 Å². The number of rotatable bonds is 4. The number of hydrogen-bond acceptors (Lipinski definition) is 5. The maximum absolute atomic E-state index is 13.1. The molecular weight excluding hydrogens is 464 g/mol. The van der Waals surface area contributed by atoms with E-state index in [9.17, 15) is 18.3 Å². The molecule has 0 bridgehead atoms. The van der Waals surface area contributed by atoms with E-state index in [1.165, 1.54) is 7.11 Å². The smallest absolute Gasteiger partial charge is 0.345 e. The van der Waals surface area contributed by atoms with Crippen molar-refractivity contribution in [1.82, 2.24) is 0 Å². The van der Waals surface area contributed by atoms with Crippen LogP contribution in [-0.2, 0) is 19.4 Å². The van der Waals surface area contributed by atoms with Crippen LogP contribution in [-0.4, -0.2) is 37.5 Å². The standard InChI is InChI=1S/C25H27ClO6S/c1-24(2,3)22(23(27)28)32-19-12-10-17(26)14-16(19)9-7-15-8-11-18-20(13-15)33(29,30)25(4,5)21(18)31-6/h8,10-14,21-22H,1-6H3,(H,27,28). The third kappa shape index (κ3) is 4.61. The van der Waals surface area contributed by atoms with Gasteiger partial charge in [0.1, 0.15) is 16.6 Å². The quantitative estimate of drug-likeness (QED) is 0.615. The highest BCUT2D eigenvalue weighted by atomic mass is 35.5. The number of benzene rings is 2. The van der Waals surface area contributed by atoms with Crippen LogP contribution in [0.15, 0.2) is 41.3 Å². The first kappa shape index (κ1) is 25.1. The number of ether oxygens (including phenoxy) is 2. The van der Waals surface area contributed by atoms with Crippen molar-refractivity contribution in [1.29, 1.82) is 0 Å². The lowest BCUT2D eigenvalue weighted by Gasteiger charge is -2.28. The van der Waals surface area contributed by atoms with Crippen molar-refractivity contribution >= 4 is 27.4 Å².